The van der Waals surface area contributed by atoms with E-state index in [4.69, 9.17) is 18.9 Å². The summed E-state index contributed by atoms with van der Waals surface area (Å²) in [6, 6.07) is 11.3. The van der Waals surface area contributed by atoms with Gasteiger partial charge >= 0.3 is 0 Å². The second-order valence-electron chi connectivity index (χ2n) is 6.58. The SMILES string of the molecule is COc1cc(C(=O)NCCCc2ccc(OC(C)C)cc2)cc(OC)c1OC. The van der Waals surface area contributed by atoms with Crippen molar-refractivity contribution in [2.24, 2.45) is 0 Å². The minimum absolute atomic E-state index is 0.163. The maximum Gasteiger partial charge on any atom is 0.251 e. The van der Waals surface area contributed by atoms with E-state index in [1.807, 2.05) is 26.0 Å². The van der Waals surface area contributed by atoms with Gasteiger partial charge in [0.25, 0.3) is 5.91 Å². The highest BCUT2D eigenvalue weighted by atomic mass is 16.5. The molecule has 0 spiro atoms. The molecule has 0 saturated carbocycles. The van der Waals surface area contributed by atoms with E-state index in [0.717, 1.165) is 18.6 Å². The fraction of sp³-hybridized carbons (Fsp3) is 0.409. The summed E-state index contributed by atoms with van der Waals surface area (Å²) >= 11 is 0. The van der Waals surface area contributed by atoms with Gasteiger partial charge in [0, 0.05) is 12.1 Å². The first-order valence-electron chi connectivity index (χ1n) is 9.32. The second kappa shape index (κ2) is 10.4. The summed E-state index contributed by atoms with van der Waals surface area (Å²) in [6.07, 6.45) is 1.87. The normalized spacial score (nSPS) is 10.5. The molecule has 0 heterocycles. The number of amides is 1. The number of ether oxygens (including phenoxy) is 4. The van der Waals surface area contributed by atoms with Crippen LogP contribution in [0.4, 0.5) is 0 Å². The zero-order valence-electron chi connectivity index (χ0n) is 17.2. The third-order valence-electron chi connectivity index (χ3n) is 4.15. The van der Waals surface area contributed by atoms with Crippen LogP contribution in [-0.2, 0) is 6.42 Å². The lowest BCUT2D eigenvalue weighted by Crippen LogP contribution is -2.24. The summed E-state index contributed by atoms with van der Waals surface area (Å²) in [5, 5.41) is 2.93. The lowest BCUT2D eigenvalue weighted by atomic mass is 10.1. The van der Waals surface area contributed by atoms with Crippen molar-refractivity contribution in [3.05, 3.63) is 47.5 Å². The Balaban J connectivity index is 1.88. The fourth-order valence-corrected chi connectivity index (χ4v) is 2.82. The van der Waals surface area contributed by atoms with Crippen LogP contribution in [0.1, 0.15) is 36.2 Å². The average molecular weight is 387 g/mol. The van der Waals surface area contributed by atoms with E-state index in [9.17, 15) is 4.79 Å². The summed E-state index contributed by atoms with van der Waals surface area (Å²) in [4.78, 5) is 12.5. The van der Waals surface area contributed by atoms with E-state index in [2.05, 4.69) is 17.4 Å². The molecule has 0 atom stereocenters. The Morgan fingerprint density at radius 3 is 2.07 bits per heavy atom. The fourth-order valence-electron chi connectivity index (χ4n) is 2.82. The number of carbonyl (C=O) groups excluding carboxylic acids is 1. The Morgan fingerprint density at radius 2 is 1.57 bits per heavy atom. The van der Waals surface area contributed by atoms with Gasteiger partial charge in [0.2, 0.25) is 5.75 Å². The number of hydrogen-bond acceptors (Lipinski definition) is 5. The summed E-state index contributed by atoms with van der Waals surface area (Å²) < 4.78 is 21.5. The maximum atomic E-state index is 12.5. The van der Waals surface area contributed by atoms with Crippen LogP contribution in [0.15, 0.2) is 36.4 Å². The van der Waals surface area contributed by atoms with Crippen LogP contribution in [-0.4, -0.2) is 39.9 Å². The Kier molecular flexibility index (Phi) is 7.99. The van der Waals surface area contributed by atoms with Crippen LogP contribution in [0, 0.1) is 0 Å². The average Bonchev–Trinajstić information content (AvgIpc) is 2.70. The van der Waals surface area contributed by atoms with E-state index >= 15 is 0 Å². The molecule has 0 saturated heterocycles. The van der Waals surface area contributed by atoms with Gasteiger partial charge in [-0.25, -0.2) is 0 Å². The van der Waals surface area contributed by atoms with Crippen molar-refractivity contribution in [2.45, 2.75) is 32.8 Å². The van der Waals surface area contributed by atoms with Crippen molar-refractivity contribution in [1.82, 2.24) is 5.32 Å². The number of benzene rings is 2. The highest BCUT2D eigenvalue weighted by molar-refractivity contribution is 5.95. The van der Waals surface area contributed by atoms with Crippen LogP contribution in [0.25, 0.3) is 0 Å². The Hall–Kier alpha value is -2.89. The summed E-state index contributed by atoms with van der Waals surface area (Å²) in [5.74, 6) is 2.06. The van der Waals surface area contributed by atoms with Crippen molar-refractivity contribution >= 4 is 5.91 Å². The van der Waals surface area contributed by atoms with Crippen molar-refractivity contribution in [3.63, 3.8) is 0 Å². The third kappa shape index (κ3) is 5.81. The molecule has 1 amide bonds. The summed E-state index contributed by atoms with van der Waals surface area (Å²) in [7, 11) is 4.58. The molecule has 152 valence electrons. The van der Waals surface area contributed by atoms with E-state index in [0.29, 0.717) is 29.4 Å². The molecular formula is C22H29NO5. The van der Waals surface area contributed by atoms with Gasteiger partial charge < -0.3 is 24.3 Å². The first-order valence-corrected chi connectivity index (χ1v) is 9.32. The first-order chi connectivity index (χ1) is 13.5. The molecule has 6 heteroatoms. The zero-order valence-corrected chi connectivity index (χ0v) is 17.2. The monoisotopic (exact) mass is 387 g/mol. The lowest BCUT2D eigenvalue weighted by Gasteiger charge is -2.14. The predicted molar refractivity (Wildman–Crippen MR) is 109 cm³/mol. The van der Waals surface area contributed by atoms with Gasteiger partial charge in [-0.2, -0.15) is 0 Å². The Bertz CT molecular complexity index is 746. The maximum absolute atomic E-state index is 12.5. The molecule has 28 heavy (non-hydrogen) atoms. The molecule has 2 rings (SSSR count). The molecule has 0 radical (unpaired) electrons. The number of rotatable bonds is 10. The molecule has 1 N–H and O–H groups in total. The zero-order chi connectivity index (χ0) is 20.5. The predicted octanol–water partition coefficient (Wildman–Crippen LogP) is 3.86. The summed E-state index contributed by atoms with van der Waals surface area (Å²) in [5.41, 5.74) is 1.67. The minimum atomic E-state index is -0.181. The number of methoxy groups -OCH3 is 3. The van der Waals surface area contributed by atoms with Gasteiger partial charge in [-0.3, -0.25) is 4.79 Å². The largest absolute Gasteiger partial charge is 0.493 e. The Morgan fingerprint density at radius 1 is 0.964 bits per heavy atom. The third-order valence-corrected chi connectivity index (χ3v) is 4.15. The summed E-state index contributed by atoms with van der Waals surface area (Å²) in [6.45, 7) is 4.58. The van der Waals surface area contributed by atoms with Crippen LogP contribution in [0.3, 0.4) is 0 Å². The molecule has 2 aromatic rings. The topological polar surface area (TPSA) is 66.0 Å². The van der Waals surface area contributed by atoms with Crippen molar-refractivity contribution in [2.75, 3.05) is 27.9 Å². The smallest absolute Gasteiger partial charge is 0.251 e. The lowest BCUT2D eigenvalue weighted by molar-refractivity contribution is 0.0952. The number of nitrogens with one attached hydrogen (secondary N) is 1. The quantitative estimate of drug-likeness (QED) is 0.627. The van der Waals surface area contributed by atoms with Gasteiger partial charge in [0.1, 0.15) is 5.75 Å². The molecule has 2 aromatic carbocycles. The molecule has 0 aliphatic carbocycles. The second-order valence-corrected chi connectivity index (χ2v) is 6.58. The van der Waals surface area contributed by atoms with Gasteiger partial charge in [0.15, 0.2) is 11.5 Å². The minimum Gasteiger partial charge on any atom is -0.493 e. The van der Waals surface area contributed by atoms with E-state index in [-0.39, 0.29) is 12.0 Å². The molecule has 0 aromatic heterocycles. The highest BCUT2D eigenvalue weighted by Crippen LogP contribution is 2.38. The van der Waals surface area contributed by atoms with E-state index < -0.39 is 0 Å². The number of carbonyl (C=O) groups is 1. The Labute approximate surface area is 166 Å². The van der Waals surface area contributed by atoms with E-state index in [1.54, 1.807) is 12.1 Å². The van der Waals surface area contributed by atoms with Crippen molar-refractivity contribution < 1.29 is 23.7 Å². The van der Waals surface area contributed by atoms with Crippen LogP contribution in [0.5, 0.6) is 23.0 Å². The number of aryl methyl sites for hydroxylation is 1. The van der Waals surface area contributed by atoms with Gasteiger partial charge in [0.05, 0.1) is 27.4 Å². The molecule has 6 nitrogen and oxygen atoms in total. The van der Waals surface area contributed by atoms with Crippen molar-refractivity contribution in [3.8, 4) is 23.0 Å². The molecule has 0 aliphatic heterocycles. The van der Waals surface area contributed by atoms with Gasteiger partial charge in [-0.05, 0) is 56.5 Å². The van der Waals surface area contributed by atoms with Crippen molar-refractivity contribution in [1.29, 1.82) is 0 Å². The molecular weight excluding hydrogens is 358 g/mol. The van der Waals surface area contributed by atoms with Gasteiger partial charge in [-0.1, -0.05) is 12.1 Å². The first kappa shape index (κ1) is 21.4. The van der Waals surface area contributed by atoms with Crippen LogP contribution in [0.2, 0.25) is 0 Å². The van der Waals surface area contributed by atoms with Crippen LogP contribution < -0.4 is 24.3 Å². The standard InChI is InChI=1S/C22H29NO5/c1-15(2)28-18-10-8-16(9-11-18)7-6-12-23-22(24)17-13-19(25-3)21(27-5)20(14-17)26-4/h8-11,13-15H,6-7,12H2,1-5H3,(H,23,24). The number of hydrogen-bond donors (Lipinski definition) is 1. The highest BCUT2D eigenvalue weighted by Gasteiger charge is 2.16. The van der Waals surface area contributed by atoms with Crippen LogP contribution >= 0.6 is 0 Å². The van der Waals surface area contributed by atoms with Gasteiger partial charge in [-0.15, -0.1) is 0 Å². The van der Waals surface area contributed by atoms with E-state index in [1.165, 1.54) is 26.9 Å². The molecule has 0 unspecified atom stereocenters. The molecule has 0 aliphatic rings. The molecule has 0 bridgehead atoms. The molecule has 0 fully saturated rings.